The van der Waals surface area contributed by atoms with Crippen LogP contribution in [-0.4, -0.2) is 20.7 Å². The van der Waals surface area contributed by atoms with Gasteiger partial charge in [0.25, 0.3) is 0 Å². The fourth-order valence-corrected chi connectivity index (χ4v) is 2.07. The van der Waals surface area contributed by atoms with Crippen LogP contribution in [-0.2, 0) is 0 Å². The van der Waals surface area contributed by atoms with Crippen LogP contribution in [0.25, 0.3) is 0 Å². The minimum Gasteiger partial charge on any atom is -0.304 e. The Labute approximate surface area is 85.1 Å². The molecule has 1 saturated carbocycles. The number of aromatic nitrogens is 3. The Morgan fingerprint density at radius 1 is 1.50 bits per heavy atom. The lowest BCUT2D eigenvalue weighted by molar-refractivity contribution is -0.0441. The maximum Gasteiger partial charge on any atom is 0.248 e. The maximum atomic E-state index is 12.9. The quantitative estimate of drug-likeness (QED) is 0.737. The Balaban J connectivity index is 2.10. The summed E-state index contributed by atoms with van der Waals surface area (Å²) < 4.78 is 28.0. The molecule has 0 aromatic carbocycles. The van der Waals surface area contributed by atoms with Crippen LogP contribution in [0.4, 0.5) is 8.78 Å². The smallest absolute Gasteiger partial charge is 0.248 e. The van der Waals surface area contributed by atoms with Crippen LogP contribution in [0.3, 0.4) is 0 Å². The molecule has 0 unspecified atom stereocenters. The van der Waals surface area contributed by atoms with E-state index in [1.54, 1.807) is 10.9 Å². The third-order valence-corrected chi connectivity index (χ3v) is 2.96. The Bertz CT molecular complexity index is 361. The predicted molar refractivity (Wildman–Crippen MR) is 49.9 cm³/mol. The molecule has 1 aromatic rings. The number of hydrogen-bond acceptors (Lipinski definition) is 2. The molecule has 1 aromatic heterocycles. The monoisotopic (exact) mass is 219 g/mol. The first-order chi connectivity index (χ1) is 6.58. The molecule has 1 fully saturated rings. The summed E-state index contributed by atoms with van der Waals surface area (Å²) in [6, 6.07) is 0.0841. The molecule has 2 rings (SSSR count). The van der Waals surface area contributed by atoms with Gasteiger partial charge in [-0.3, -0.25) is 5.10 Å². The predicted octanol–water partition coefficient (Wildman–Crippen LogP) is 2.69. The molecule has 1 aliphatic rings. The summed E-state index contributed by atoms with van der Waals surface area (Å²) >= 11 is 4.98. The minimum absolute atomic E-state index is 0.0510. The molecule has 14 heavy (non-hydrogen) atoms. The average Bonchev–Trinajstić information content (AvgIpc) is 2.52. The Hall–Kier alpha value is -0.780. The van der Waals surface area contributed by atoms with E-state index in [0.717, 1.165) is 0 Å². The zero-order valence-electron chi connectivity index (χ0n) is 7.54. The van der Waals surface area contributed by atoms with Crippen LogP contribution < -0.4 is 0 Å². The van der Waals surface area contributed by atoms with E-state index in [1.165, 1.54) is 0 Å². The first-order valence-electron chi connectivity index (χ1n) is 4.58. The topological polar surface area (TPSA) is 33.6 Å². The number of H-pyrrole nitrogens is 1. The third kappa shape index (κ3) is 1.84. The summed E-state index contributed by atoms with van der Waals surface area (Å²) in [4.78, 5) is 0. The molecule has 1 heterocycles. The fourth-order valence-electron chi connectivity index (χ4n) is 1.82. The highest BCUT2D eigenvalue weighted by Gasteiger charge is 2.35. The minimum atomic E-state index is -2.48. The summed E-state index contributed by atoms with van der Waals surface area (Å²) in [6.45, 7) is 0. The maximum absolute atomic E-state index is 12.9. The van der Waals surface area contributed by atoms with Crippen LogP contribution in [0.1, 0.15) is 31.7 Å². The van der Waals surface area contributed by atoms with Gasteiger partial charge in [-0.15, -0.1) is 0 Å². The molecule has 3 nitrogen and oxygen atoms in total. The highest BCUT2D eigenvalue weighted by atomic mass is 32.1. The van der Waals surface area contributed by atoms with E-state index in [-0.39, 0.29) is 18.9 Å². The van der Waals surface area contributed by atoms with Crippen molar-refractivity contribution >= 4 is 12.2 Å². The number of halogens is 2. The van der Waals surface area contributed by atoms with Crippen molar-refractivity contribution in [2.24, 2.45) is 0 Å². The molecule has 0 bridgehead atoms. The van der Waals surface area contributed by atoms with Gasteiger partial charge in [0, 0.05) is 18.9 Å². The Morgan fingerprint density at radius 2 is 2.14 bits per heavy atom. The van der Waals surface area contributed by atoms with Gasteiger partial charge in [0.15, 0.2) is 4.77 Å². The van der Waals surface area contributed by atoms with Crippen LogP contribution in [0.15, 0.2) is 6.33 Å². The van der Waals surface area contributed by atoms with Crippen molar-refractivity contribution in [2.75, 3.05) is 0 Å². The number of alkyl halides is 2. The second kappa shape index (κ2) is 3.42. The Morgan fingerprint density at radius 3 is 2.64 bits per heavy atom. The zero-order chi connectivity index (χ0) is 10.2. The lowest BCUT2D eigenvalue weighted by Crippen LogP contribution is -2.26. The van der Waals surface area contributed by atoms with E-state index in [1.807, 2.05) is 0 Å². The summed E-state index contributed by atoms with van der Waals surface area (Å²) in [5, 5.41) is 6.41. The van der Waals surface area contributed by atoms with Crippen LogP contribution >= 0.6 is 12.2 Å². The van der Waals surface area contributed by atoms with Crippen molar-refractivity contribution in [2.45, 2.75) is 37.6 Å². The summed E-state index contributed by atoms with van der Waals surface area (Å²) in [5.41, 5.74) is 0. The molecule has 0 saturated heterocycles. The molecule has 0 aliphatic heterocycles. The molecule has 1 aliphatic carbocycles. The lowest BCUT2D eigenvalue weighted by Gasteiger charge is -2.28. The van der Waals surface area contributed by atoms with Gasteiger partial charge in [-0.05, 0) is 25.1 Å². The van der Waals surface area contributed by atoms with Crippen molar-refractivity contribution < 1.29 is 8.78 Å². The SMILES string of the molecule is FC1(F)CCC(n2cn[nH]c2=S)CC1. The van der Waals surface area contributed by atoms with E-state index in [4.69, 9.17) is 12.2 Å². The summed E-state index contributed by atoms with van der Waals surface area (Å²) in [5.74, 6) is -2.48. The zero-order valence-corrected chi connectivity index (χ0v) is 8.36. The highest BCUT2D eigenvalue weighted by molar-refractivity contribution is 7.71. The molecule has 0 atom stereocenters. The summed E-state index contributed by atoms with van der Waals surface area (Å²) in [6.07, 6.45) is 2.42. The van der Waals surface area contributed by atoms with Gasteiger partial charge in [0.1, 0.15) is 6.33 Å². The average molecular weight is 219 g/mol. The van der Waals surface area contributed by atoms with E-state index < -0.39 is 5.92 Å². The van der Waals surface area contributed by atoms with Crippen molar-refractivity contribution in [3.8, 4) is 0 Å². The highest BCUT2D eigenvalue weighted by Crippen LogP contribution is 2.38. The van der Waals surface area contributed by atoms with Crippen molar-refractivity contribution in [1.82, 2.24) is 14.8 Å². The number of rotatable bonds is 1. The van der Waals surface area contributed by atoms with E-state index in [2.05, 4.69) is 10.2 Å². The van der Waals surface area contributed by atoms with Crippen molar-refractivity contribution in [1.29, 1.82) is 0 Å². The normalized spacial score (nSPS) is 22.4. The number of nitrogens with zero attached hydrogens (tertiary/aromatic N) is 2. The second-order valence-electron chi connectivity index (χ2n) is 3.66. The number of aromatic amines is 1. The molecule has 6 heteroatoms. The lowest BCUT2D eigenvalue weighted by atomic mass is 9.92. The van der Waals surface area contributed by atoms with Crippen molar-refractivity contribution in [3.05, 3.63) is 11.1 Å². The molecule has 0 spiro atoms. The van der Waals surface area contributed by atoms with Gasteiger partial charge in [-0.2, -0.15) is 5.10 Å². The number of hydrogen-bond donors (Lipinski definition) is 1. The van der Waals surface area contributed by atoms with Gasteiger partial charge < -0.3 is 4.57 Å². The van der Waals surface area contributed by atoms with E-state index in [9.17, 15) is 8.78 Å². The van der Waals surface area contributed by atoms with Gasteiger partial charge in [0.05, 0.1) is 0 Å². The van der Waals surface area contributed by atoms with Crippen LogP contribution in [0, 0.1) is 4.77 Å². The molecule has 1 N–H and O–H groups in total. The second-order valence-corrected chi connectivity index (χ2v) is 4.04. The van der Waals surface area contributed by atoms with Crippen LogP contribution in [0.2, 0.25) is 0 Å². The van der Waals surface area contributed by atoms with Gasteiger partial charge in [0.2, 0.25) is 5.92 Å². The molecular formula is C8H11F2N3S. The first-order valence-corrected chi connectivity index (χ1v) is 4.99. The van der Waals surface area contributed by atoms with Gasteiger partial charge in [-0.25, -0.2) is 8.78 Å². The molecule has 0 amide bonds. The van der Waals surface area contributed by atoms with Gasteiger partial charge >= 0.3 is 0 Å². The standard InChI is InChI=1S/C8H11F2N3S/c9-8(10)3-1-6(2-4-8)13-5-11-12-7(13)14/h5-6H,1-4H2,(H,12,14). The largest absolute Gasteiger partial charge is 0.304 e. The van der Waals surface area contributed by atoms with E-state index in [0.29, 0.717) is 17.6 Å². The molecule has 78 valence electrons. The fraction of sp³-hybridized carbons (Fsp3) is 0.750. The molecule has 0 radical (unpaired) electrons. The van der Waals surface area contributed by atoms with Crippen molar-refractivity contribution in [3.63, 3.8) is 0 Å². The first kappa shape index (κ1) is 9.76. The summed E-state index contributed by atoms with van der Waals surface area (Å²) in [7, 11) is 0. The van der Waals surface area contributed by atoms with E-state index >= 15 is 0 Å². The third-order valence-electron chi connectivity index (χ3n) is 2.66. The number of nitrogens with one attached hydrogen (secondary N) is 1. The van der Waals surface area contributed by atoms with Gasteiger partial charge in [-0.1, -0.05) is 0 Å². The Kier molecular flexibility index (Phi) is 2.38. The molecular weight excluding hydrogens is 208 g/mol. The van der Waals surface area contributed by atoms with Crippen LogP contribution in [0.5, 0.6) is 0 Å².